The molecule has 188 valence electrons. The van der Waals surface area contributed by atoms with Gasteiger partial charge in [-0.25, -0.2) is 12.8 Å². The number of carbonyl (C=O) groups excluding carboxylic acids is 1. The van der Waals surface area contributed by atoms with Gasteiger partial charge in [-0.1, -0.05) is 59.9 Å². The first kappa shape index (κ1) is 29.2. The third kappa shape index (κ3) is 6.80. The Balaban J connectivity index is 0.00000432. The van der Waals surface area contributed by atoms with Crippen LogP contribution in [-0.4, -0.2) is 26.9 Å². The summed E-state index contributed by atoms with van der Waals surface area (Å²) in [6, 6.07) is 12.5. The van der Waals surface area contributed by atoms with Gasteiger partial charge >= 0.3 is 0 Å². The van der Waals surface area contributed by atoms with Crippen molar-refractivity contribution in [3.8, 4) is 0 Å². The normalized spacial score (nSPS) is 11.9. The predicted octanol–water partition coefficient (Wildman–Crippen LogP) is 7.02. The van der Waals surface area contributed by atoms with Crippen molar-refractivity contribution < 1.29 is 17.6 Å². The average molecular weight is 580 g/mol. The van der Waals surface area contributed by atoms with E-state index in [0.717, 1.165) is 12.1 Å². The highest BCUT2D eigenvalue weighted by Gasteiger charge is 2.35. The lowest BCUT2D eigenvalue weighted by molar-refractivity contribution is -0.121. The molecule has 0 aromatic heterocycles. The van der Waals surface area contributed by atoms with Crippen molar-refractivity contribution in [3.05, 3.63) is 92.1 Å². The van der Waals surface area contributed by atoms with Gasteiger partial charge in [0.2, 0.25) is 5.91 Å². The van der Waals surface area contributed by atoms with Crippen LogP contribution in [0.1, 0.15) is 19.9 Å². The summed E-state index contributed by atoms with van der Waals surface area (Å²) in [5.41, 5.74) is 0.282. The second-order valence-corrected chi connectivity index (χ2v) is 10.8. The van der Waals surface area contributed by atoms with E-state index in [-0.39, 0.29) is 29.6 Å². The third-order valence-corrected chi connectivity index (χ3v) is 8.08. The van der Waals surface area contributed by atoms with E-state index in [1.54, 1.807) is 18.2 Å². The molecule has 3 aromatic carbocycles. The van der Waals surface area contributed by atoms with E-state index >= 15 is 0 Å². The first-order chi connectivity index (χ1) is 16.0. The molecule has 3 aromatic rings. The molecule has 0 unspecified atom stereocenters. The molecule has 11 heteroatoms. The molecule has 1 N–H and O–H groups in total. The van der Waals surface area contributed by atoms with Gasteiger partial charge in [-0.2, -0.15) is 0 Å². The molecule has 35 heavy (non-hydrogen) atoms. The zero-order valence-corrected chi connectivity index (χ0v) is 21.6. The second-order valence-electron chi connectivity index (χ2n) is 7.27. The number of nitrogens with zero attached hydrogens (tertiary/aromatic N) is 1. The largest absolute Gasteiger partial charge is 0.354 e. The Morgan fingerprint density at radius 1 is 0.971 bits per heavy atom. The number of hydrogen-bond donors (Lipinski definition) is 1. The summed E-state index contributed by atoms with van der Waals surface area (Å²) >= 11 is 24.2. The number of halogens is 5. The smallest absolute Gasteiger partial charge is 0.265 e. The summed E-state index contributed by atoms with van der Waals surface area (Å²) in [5, 5.41) is 3.99. The van der Waals surface area contributed by atoms with E-state index in [1.807, 2.05) is 0 Å². The van der Waals surface area contributed by atoms with Crippen LogP contribution < -0.4 is 9.62 Å². The number of hydrogen-bond acceptors (Lipinski definition) is 3. The summed E-state index contributed by atoms with van der Waals surface area (Å²) in [5.74, 6) is -1.51. The number of sulfonamides is 1. The molecular formula is C24H23Cl4FN2O3S. The minimum absolute atomic E-state index is 0. The lowest BCUT2D eigenvalue weighted by atomic mass is 10.1. The SMILES string of the molecule is C.C[C@H](C(=O)NCCc1c(Cl)cccc1Cl)N(c1cc(Cl)ccc1F)S(=O)(=O)c1ccc(Cl)cc1. The Kier molecular flexibility index (Phi) is 10.2. The molecule has 0 bridgehead atoms. The van der Waals surface area contributed by atoms with Crippen molar-refractivity contribution in [1.29, 1.82) is 0 Å². The molecule has 1 atom stereocenters. The molecule has 3 rings (SSSR count). The highest BCUT2D eigenvalue weighted by atomic mass is 35.5. The molecular weight excluding hydrogens is 557 g/mol. The summed E-state index contributed by atoms with van der Waals surface area (Å²) in [6.07, 6.45) is 0.312. The number of amides is 1. The molecule has 0 aliphatic carbocycles. The van der Waals surface area contributed by atoms with Crippen LogP contribution in [0.5, 0.6) is 0 Å². The highest BCUT2D eigenvalue weighted by Crippen LogP contribution is 2.31. The third-order valence-electron chi connectivity index (χ3n) is 4.98. The monoisotopic (exact) mass is 578 g/mol. The van der Waals surface area contributed by atoms with E-state index in [9.17, 15) is 17.6 Å². The molecule has 1 amide bonds. The van der Waals surface area contributed by atoms with Gasteiger partial charge in [0.1, 0.15) is 11.9 Å². The quantitative estimate of drug-likeness (QED) is 0.312. The lowest BCUT2D eigenvalue weighted by Gasteiger charge is -2.30. The van der Waals surface area contributed by atoms with E-state index in [0.29, 0.717) is 31.4 Å². The van der Waals surface area contributed by atoms with Gasteiger partial charge in [-0.3, -0.25) is 9.10 Å². The molecule has 0 aliphatic rings. The molecule has 0 spiro atoms. The van der Waals surface area contributed by atoms with E-state index in [1.165, 1.54) is 37.3 Å². The van der Waals surface area contributed by atoms with Crippen LogP contribution in [0.3, 0.4) is 0 Å². The van der Waals surface area contributed by atoms with Crippen molar-refractivity contribution in [2.24, 2.45) is 0 Å². The summed E-state index contributed by atoms with van der Waals surface area (Å²) in [6.45, 7) is 1.48. The fourth-order valence-corrected chi connectivity index (χ4v) is 5.75. The Hall–Kier alpha value is -2.03. The molecule has 5 nitrogen and oxygen atoms in total. The van der Waals surface area contributed by atoms with Gasteiger partial charge in [-0.15, -0.1) is 0 Å². The number of nitrogens with one attached hydrogen (secondary N) is 1. The minimum atomic E-state index is -4.37. The maximum absolute atomic E-state index is 14.8. The standard InChI is InChI=1S/C23H19Cl4FN2O3S.CH4/c1-14(23(31)29-12-11-18-19(26)3-2-4-20(18)27)30(22-13-16(25)7-10-21(22)28)34(32,33)17-8-5-15(24)6-9-17;/h2-10,13-14H,11-12H2,1H3,(H,29,31);1H4/t14-;/m1./s1. The van der Waals surface area contributed by atoms with E-state index < -0.39 is 27.8 Å². The van der Waals surface area contributed by atoms with Crippen LogP contribution in [0.2, 0.25) is 20.1 Å². The number of carbonyl (C=O) groups is 1. The Labute approximate surface area is 224 Å². The maximum atomic E-state index is 14.8. The zero-order chi connectivity index (χ0) is 25.0. The molecule has 0 saturated heterocycles. The summed E-state index contributed by atoms with van der Waals surface area (Å²) in [4.78, 5) is 12.8. The average Bonchev–Trinajstić information content (AvgIpc) is 2.78. The fourth-order valence-electron chi connectivity index (χ4n) is 3.26. The first-order valence-electron chi connectivity index (χ1n) is 9.98. The van der Waals surface area contributed by atoms with Crippen LogP contribution >= 0.6 is 46.4 Å². The predicted molar refractivity (Wildman–Crippen MR) is 142 cm³/mol. The van der Waals surface area contributed by atoms with Crippen LogP contribution in [0.4, 0.5) is 10.1 Å². The molecule has 0 saturated carbocycles. The van der Waals surface area contributed by atoms with Gasteiger partial charge in [0.15, 0.2) is 0 Å². The van der Waals surface area contributed by atoms with Gasteiger partial charge in [0.05, 0.1) is 10.6 Å². The summed E-state index contributed by atoms with van der Waals surface area (Å²) < 4.78 is 42.5. The number of benzene rings is 3. The van der Waals surface area contributed by atoms with Gasteiger partial charge in [0, 0.05) is 26.6 Å². The molecule has 0 radical (unpaired) electrons. The fraction of sp³-hybridized carbons (Fsp3) is 0.208. The van der Waals surface area contributed by atoms with Crippen molar-refractivity contribution in [2.45, 2.75) is 31.7 Å². The van der Waals surface area contributed by atoms with E-state index in [2.05, 4.69) is 5.32 Å². The molecule has 0 heterocycles. The van der Waals surface area contributed by atoms with Crippen LogP contribution in [0.15, 0.2) is 65.6 Å². The maximum Gasteiger partial charge on any atom is 0.265 e. The Morgan fingerprint density at radius 2 is 1.54 bits per heavy atom. The van der Waals surface area contributed by atoms with Gasteiger partial charge in [-0.05, 0) is 73.5 Å². The topological polar surface area (TPSA) is 66.5 Å². The van der Waals surface area contributed by atoms with Gasteiger partial charge < -0.3 is 5.32 Å². The van der Waals surface area contributed by atoms with Crippen molar-refractivity contribution in [1.82, 2.24) is 5.32 Å². The van der Waals surface area contributed by atoms with Crippen LogP contribution in [-0.2, 0) is 21.2 Å². The van der Waals surface area contributed by atoms with Gasteiger partial charge in [0.25, 0.3) is 10.0 Å². The van der Waals surface area contributed by atoms with Crippen molar-refractivity contribution in [2.75, 3.05) is 10.8 Å². The second kappa shape index (κ2) is 12.3. The first-order valence-corrected chi connectivity index (χ1v) is 12.9. The van der Waals surface area contributed by atoms with Crippen LogP contribution in [0.25, 0.3) is 0 Å². The minimum Gasteiger partial charge on any atom is -0.354 e. The van der Waals surface area contributed by atoms with E-state index in [4.69, 9.17) is 46.4 Å². The van der Waals surface area contributed by atoms with Crippen LogP contribution in [0, 0.1) is 5.82 Å². The molecule has 0 fully saturated rings. The Bertz CT molecular complexity index is 1280. The zero-order valence-electron chi connectivity index (χ0n) is 17.7. The summed E-state index contributed by atoms with van der Waals surface area (Å²) in [7, 11) is -4.37. The highest BCUT2D eigenvalue weighted by molar-refractivity contribution is 7.93. The molecule has 0 aliphatic heterocycles. The number of anilines is 1. The van der Waals surface area contributed by atoms with Crippen molar-refractivity contribution in [3.63, 3.8) is 0 Å². The van der Waals surface area contributed by atoms with Crippen molar-refractivity contribution >= 4 is 68.0 Å². The number of rotatable bonds is 8. The lowest BCUT2D eigenvalue weighted by Crippen LogP contribution is -2.49. The Morgan fingerprint density at radius 3 is 2.14 bits per heavy atom.